The van der Waals surface area contributed by atoms with Crippen LogP contribution in [0.15, 0.2) is 15.9 Å². The van der Waals surface area contributed by atoms with E-state index in [9.17, 15) is 4.79 Å². The maximum atomic E-state index is 12.3. The van der Waals surface area contributed by atoms with Gasteiger partial charge in [-0.15, -0.1) is 11.3 Å². The Morgan fingerprint density at radius 1 is 1.50 bits per heavy atom. The van der Waals surface area contributed by atoms with Gasteiger partial charge >= 0.3 is 0 Å². The van der Waals surface area contributed by atoms with Crippen LogP contribution in [0.5, 0.6) is 0 Å². The fourth-order valence-corrected chi connectivity index (χ4v) is 4.04. The summed E-state index contributed by atoms with van der Waals surface area (Å²) in [5.41, 5.74) is 0. The van der Waals surface area contributed by atoms with Crippen LogP contribution in [0, 0.1) is 0 Å². The van der Waals surface area contributed by atoms with Gasteiger partial charge < -0.3 is 4.90 Å². The highest BCUT2D eigenvalue weighted by Gasteiger charge is 2.23. The summed E-state index contributed by atoms with van der Waals surface area (Å²) < 4.78 is 0.989. The minimum atomic E-state index is 0.268. The first-order valence-electron chi connectivity index (χ1n) is 6.63. The van der Waals surface area contributed by atoms with E-state index >= 15 is 0 Å². The summed E-state index contributed by atoms with van der Waals surface area (Å²) in [5.74, 6) is 0.794. The molecule has 18 heavy (non-hydrogen) atoms. The molecule has 1 amide bonds. The number of carbonyl (C=O) groups excluding carboxylic acids is 1. The van der Waals surface area contributed by atoms with Gasteiger partial charge in [-0.25, -0.2) is 4.98 Å². The molecule has 1 aliphatic rings. The van der Waals surface area contributed by atoms with Crippen molar-refractivity contribution in [3.8, 4) is 0 Å². The molecule has 1 aromatic rings. The molecule has 0 unspecified atom stereocenters. The SMILES string of the molecule is CCN(C(=O)CSc1nccs1)C1CCCCC1. The lowest BCUT2D eigenvalue weighted by atomic mass is 9.94. The van der Waals surface area contributed by atoms with E-state index in [0.29, 0.717) is 11.8 Å². The molecule has 1 fully saturated rings. The van der Waals surface area contributed by atoms with Crippen LogP contribution in [0.2, 0.25) is 0 Å². The van der Waals surface area contributed by atoms with E-state index in [4.69, 9.17) is 0 Å². The van der Waals surface area contributed by atoms with Crippen LogP contribution in [-0.4, -0.2) is 34.1 Å². The van der Waals surface area contributed by atoms with Crippen LogP contribution in [-0.2, 0) is 4.79 Å². The van der Waals surface area contributed by atoms with Crippen LogP contribution in [0.1, 0.15) is 39.0 Å². The normalized spacial score (nSPS) is 16.7. The lowest BCUT2D eigenvalue weighted by Crippen LogP contribution is -2.42. The number of hydrogen-bond donors (Lipinski definition) is 0. The standard InChI is InChI=1S/C13H20N2OS2/c1-2-15(11-6-4-3-5-7-11)12(16)10-18-13-14-8-9-17-13/h8-9,11H,2-7,10H2,1H3. The molecule has 0 aromatic carbocycles. The largest absolute Gasteiger partial charge is 0.339 e. The third kappa shape index (κ3) is 3.72. The van der Waals surface area contributed by atoms with Gasteiger partial charge in [-0.2, -0.15) is 0 Å². The zero-order valence-electron chi connectivity index (χ0n) is 10.8. The molecular weight excluding hydrogens is 264 g/mol. The lowest BCUT2D eigenvalue weighted by molar-refractivity contribution is -0.131. The number of aromatic nitrogens is 1. The van der Waals surface area contributed by atoms with Crippen molar-refractivity contribution >= 4 is 29.0 Å². The predicted octanol–water partition coefficient (Wildman–Crippen LogP) is 3.42. The maximum Gasteiger partial charge on any atom is 0.233 e. The average molecular weight is 284 g/mol. The van der Waals surface area contributed by atoms with E-state index in [2.05, 4.69) is 16.8 Å². The molecule has 1 aromatic heterocycles. The summed E-state index contributed by atoms with van der Waals surface area (Å²) in [6, 6.07) is 0.480. The Balaban J connectivity index is 1.84. The minimum absolute atomic E-state index is 0.268. The first kappa shape index (κ1) is 13.9. The smallest absolute Gasteiger partial charge is 0.233 e. The number of hydrogen-bond acceptors (Lipinski definition) is 4. The van der Waals surface area contributed by atoms with Gasteiger partial charge in [0.2, 0.25) is 5.91 Å². The summed E-state index contributed by atoms with van der Waals surface area (Å²) in [5, 5.41) is 1.95. The molecule has 0 N–H and O–H groups in total. The highest BCUT2D eigenvalue weighted by molar-refractivity contribution is 8.01. The molecule has 0 saturated heterocycles. The number of thioether (sulfide) groups is 1. The second-order valence-corrected chi connectivity index (χ2v) is 6.68. The van der Waals surface area contributed by atoms with Crippen molar-refractivity contribution in [2.75, 3.05) is 12.3 Å². The van der Waals surface area contributed by atoms with Crippen molar-refractivity contribution < 1.29 is 4.79 Å². The zero-order chi connectivity index (χ0) is 12.8. The van der Waals surface area contributed by atoms with Gasteiger partial charge in [-0.05, 0) is 19.8 Å². The van der Waals surface area contributed by atoms with Gasteiger partial charge in [0.05, 0.1) is 5.75 Å². The van der Waals surface area contributed by atoms with Crippen LogP contribution in [0.25, 0.3) is 0 Å². The Bertz CT molecular complexity index is 361. The number of nitrogens with zero attached hydrogens (tertiary/aromatic N) is 2. The molecule has 0 bridgehead atoms. The average Bonchev–Trinajstić information content (AvgIpc) is 2.92. The second-order valence-electron chi connectivity index (χ2n) is 4.56. The third-order valence-corrected chi connectivity index (χ3v) is 5.36. The summed E-state index contributed by atoms with van der Waals surface area (Å²) >= 11 is 3.16. The Morgan fingerprint density at radius 2 is 2.28 bits per heavy atom. The van der Waals surface area contributed by atoms with Crippen LogP contribution < -0.4 is 0 Å². The van der Waals surface area contributed by atoms with Crippen LogP contribution >= 0.6 is 23.1 Å². The molecule has 1 aliphatic carbocycles. The van der Waals surface area contributed by atoms with Crippen LogP contribution in [0.3, 0.4) is 0 Å². The van der Waals surface area contributed by atoms with Gasteiger partial charge in [-0.1, -0.05) is 31.0 Å². The molecule has 5 heteroatoms. The number of thiazole rings is 1. The number of carbonyl (C=O) groups is 1. The molecule has 0 spiro atoms. The minimum Gasteiger partial charge on any atom is -0.339 e. The molecular formula is C13H20N2OS2. The molecule has 3 nitrogen and oxygen atoms in total. The first-order valence-corrected chi connectivity index (χ1v) is 8.49. The number of rotatable bonds is 5. The van der Waals surface area contributed by atoms with Crippen molar-refractivity contribution in [3.63, 3.8) is 0 Å². The Hall–Kier alpha value is -0.550. The summed E-state index contributed by atoms with van der Waals surface area (Å²) in [7, 11) is 0. The molecule has 1 saturated carbocycles. The number of amides is 1. The van der Waals surface area contributed by atoms with Gasteiger partial charge in [0.25, 0.3) is 0 Å². The Kier molecular flexibility index (Phi) is 5.50. The van der Waals surface area contributed by atoms with Crippen molar-refractivity contribution in [1.29, 1.82) is 0 Å². The van der Waals surface area contributed by atoms with E-state index in [0.717, 1.165) is 10.9 Å². The van der Waals surface area contributed by atoms with Crippen LogP contribution in [0.4, 0.5) is 0 Å². The van der Waals surface area contributed by atoms with Gasteiger partial charge in [-0.3, -0.25) is 4.79 Å². The first-order chi connectivity index (χ1) is 8.81. The molecule has 0 atom stereocenters. The monoisotopic (exact) mass is 284 g/mol. The maximum absolute atomic E-state index is 12.3. The third-order valence-electron chi connectivity index (χ3n) is 3.41. The quantitative estimate of drug-likeness (QED) is 0.777. The Morgan fingerprint density at radius 3 is 2.89 bits per heavy atom. The van der Waals surface area contributed by atoms with E-state index < -0.39 is 0 Å². The fraction of sp³-hybridized carbons (Fsp3) is 0.692. The molecule has 100 valence electrons. The van der Waals surface area contributed by atoms with Gasteiger partial charge in [0, 0.05) is 24.2 Å². The molecule has 2 rings (SSSR count). The van der Waals surface area contributed by atoms with Crippen molar-refractivity contribution in [2.24, 2.45) is 0 Å². The van der Waals surface area contributed by atoms with Crippen molar-refractivity contribution in [1.82, 2.24) is 9.88 Å². The second kappa shape index (κ2) is 7.14. The zero-order valence-corrected chi connectivity index (χ0v) is 12.4. The molecule has 0 aliphatic heterocycles. The van der Waals surface area contributed by atoms with E-state index in [1.807, 2.05) is 5.38 Å². The predicted molar refractivity (Wildman–Crippen MR) is 77.1 cm³/mol. The van der Waals surface area contributed by atoms with Crippen molar-refractivity contribution in [2.45, 2.75) is 49.4 Å². The highest BCUT2D eigenvalue weighted by atomic mass is 32.2. The van der Waals surface area contributed by atoms with E-state index in [1.165, 1.54) is 32.1 Å². The van der Waals surface area contributed by atoms with Crippen molar-refractivity contribution in [3.05, 3.63) is 11.6 Å². The van der Waals surface area contributed by atoms with E-state index in [1.54, 1.807) is 29.3 Å². The van der Waals surface area contributed by atoms with Gasteiger partial charge in [0.1, 0.15) is 4.34 Å². The fourth-order valence-electron chi connectivity index (χ4n) is 2.52. The summed E-state index contributed by atoms with van der Waals surface area (Å²) in [6.45, 7) is 2.92. The topological polar surface area (TPSA) is 33.2 Å². The van der Waals surface area contributed by atoms with E-state index in [-0.39, 0.29) is 5.91 Å². The highest BCUT2D eigenvalue weighted by Crippen LogP contribution is 2.25. The molecule has 1 heterocycles. The summed E-state index contributed by atoms with van der Waals surface area (Å²) in [4.78, 5) is 18.5. The summed E-state index contributed by atoms with van der Waals surface area (Å²) in [6.07, 6.45) is 8.03. The molecule has 0 radical (unpaired) electrons. The van der Waals surface area contributed by atoms with Gasteiger partial charge in [0.15, 0.2) is 0 Å². The Labute approximate surface area is 117 Å². The lowest BCUT2D eigenvalue weighted by Gasteiger charge is -2.33.